The molecule has 0 fully saturated rings. The summed E-state index contributed by atoms with van der Waals surface area (Å²) in [6, 6.07) is 6.92. The lowest BCUT2D eigenvalue weighted by atomic mass is 9.80. The Bertz CT molecular complexity index is 242. The summed E-state index contributed by atoms with van der Waals surface area (Å²) < 4.78 is 4.69. The minimum atomic E-state index is -0.881. The summed E-state index contributed by atoms with van der Waals surface area (Å²) in [5.74, 6) is 0. The van der Waals surface area contributed by atoms with Gasteiger partial charge in [0.1, 0.15) is 0 Å². The predicted molar refractivity (Wildman–Crippen MR) is 46.1 cm³/mol. The van der Waals surface area contributed by atoms with Gasteiger partial charge in [-0.1, -0.05) is 23.7 Å². The van der Waals surface area contributed by atoms with Crippen LogP contribution in [0.4, 0.5) is 0 Å². The summed E-state index contributed by atoms with van der Waals surface area (Å²) in [6.45, 7) is 0. The molecule has 0 aromatic heterocycles. The second kappa shape index (κ2) is 3.76. The van der Waals surface area contributed by atoms with Gasteiger partial charge in [-0.3, -0.25) is 0 Å². The molecule has 0 aliphatic heterocycles. The largest absolute Gasteiger partial charge is 0.490 e. The van der Waals surface area contributed by atoms with Crippen molar-refractivity contribution in [1.82, 2.24) is 0 Å². The Morgan fingerprint density at radius 3 is 2.82 bits per heavy atom. The van der Waals surface area contributed by atoms with Crippen LogP contribution in [0.15, 0.2) is 24.3 Å². The SMILES string of the molecule is COB(O)c1cccc(Cl)c1. The second-order valence-electron chi connectivity index (χ2n) is 2.14. The van der Waals surface area contributed by atoms with Crippen molar-refractivity contribution in [2.24, 2.45) is 0 Å². The zero-order valence-electron chi connectivity index (χ0n) is 6.12. The van der Waals surface area contributed by atoms with Crippen LogP contribution in [0, 0.1) is 0 Å². The monoisotopic (exact) mass is 170 g/mol. The van der Waals surface area contributed by atoms with E-state index in [0.29, 0.717) is 10.5 Å². The van der Waals surface area contributed by atoms with Crippen molar-refractivity contribution in [3.05, 3.63) is 29.3 Å². The van der Waals surface area contributed by atoms with Crippen molar-refractivity contribution in [2.75, 3.05) is 7.11 Å². The van der Waals surface area contributed by atoms with Gasteiger partial charge in [0, 0.05) is 12.1 Å². The summed E-state index contributed by atoms with van der Waals surface area (Å²) >= 11 is 5.68. The summed E-state index contributed by atoms with van der Waals surface area (Å²) in [7, 11) is 0.555. The van der Waals surface area contributed by atoms with Gasteiger partial charge < -0.3 is 9.68 Å². The Balaban J connectivity index is 2.86. The van der Waals surface area contributed by atoms with E-state index < -0.39 is 7.12 Å². The first kappa shape index (κ1) is 8.59. The van der Waals surface area contributed by atoms with Crippen molar-refractivity contribution in [2.45, 2.75) is 0 Å². The number of hydrogen-bond donors (Lipinski definition) is 1. The smallest absolute Gasteiger partial charge is 0.423 e. The first-order valence-corrected chi connectivity index (χ1v) is 3.58. The highest BCUT2D eigenvalue weighted by molar-refractivity contribution is 6.60. The molecule has 0 radical (unpaired) electrons. The molecule has 0 saturated carbocycles. The van der Waals surface area contributed by atoms with Crippen LogP contribution in [0.5, 0.6) is 0 Å². The van der Waals surface area contributed by atoms with Crippen LogP contribution < -0.4 is 5.46 Å². The fraction of sp³-hybridized carbons (Fsp3) is 0.143. The molecule has 0 bridgehead atoms. The molecular formula is C7H8BClO2. The number of rotatable bonds is 2. The zero-order chi connectivity index (χ0) is 8.27. The maximum Gasteiger partial charge on any atom is 0.490 e. The molecule has 1 N–H and O–H groups in total. The second-order valence-corrected chi connectivity index (χ2v) is 2.58. The predicted octanol–water partition coefficient (Wildman–Crippen LogP) is 0.674. The fourth-order valence-corrected chi connectivity index (χ4v) is 0.995. The molecular weight excluding hydrogens is 162 g/mol. The first-order chi connectivity index (χ1) is 5.24. The summed E-state index contributed by atoms with van der Waals surface area (Å²) in [6.07, 6.45) is 0. The van der Waals surface area contributed by atoms with E-state index in [4.69, 9.17) is 11.6 Å². The molecule has 1 aromatic carbocycles. The molecule has 58 valence electrons. The fourth-order valence-electron chi connectivity index (χ4n) is 0.796. The minimum Gasteiger partial charge on any atom is -0.423 e. The van der Waals surface area contributed by atoms with Crippen LogP contribution in [0.2, 0.25) is 5.02 Å². The van der Waals surface area contributed by atoms with Gasteiger partial charge in [-0.15, -0.1) is 0 Å². The molecule has 0 unspecified atom stereocenters. The van der Waals surface area contributed by atoms with E-state index in [-0.39, 0.29) is 0 Å². The van der Waals surface area contributed by atoms with Gasteiger partial charge in [0.15, 0.2) is 0 Å². The number of hydrogen-bond acceptors (Lipinski definition) is 2. The molecule has 1 aromatic rings. The molecule has 0 atom stereocenters. The zero-order valence-corrected chi connectivity index (χ0v) is 6.88. The Hall–Kier alpha value is -0.505. The molecule has 11 heavy (non-hydrogen) atoms. The van der Waals surface area contributed by atoms with E-state index in [1.165, 1.54) is 7.11 Å². The standard InChI is InChI=1S/C7H8BClO2/c1-11-8(10)6-3-2-4-7(9)5-6/h2-5,10H,1H3. The van der Waals surface area contributed by atoms with Gasteiger partial charge in [-0.25, -0.2) is 0 Å². The average Bonchev–Trinajstić information content (AvgIpc) is 2.03. The van der Waals surface area contributed by atoms with Crippen LogP contribution in [-0.4, -0.2) is 19.3 Å². The van der Waals surface area contributed by atoms with Gasteiger partial charge in [0.2, 0.25) is 0 Å². The highest BCUT2D eigenvalue weighted by atomic mass is 35.5. The first-order valence-electron chi connectivity index (χ1n) is 3.20. The normalized spacial score (nSPS) is 9.73. The number of halogens is 1. The third kappa shape index (κ3) is 2.22. The van der Waals surface area contributed by atoms with Crippen molar-refractivity contribution in [3.8, 4) is 0 Å². The molecule has 0 aliphatic carbocycles. The van der Waals surface area contributed by atoms with Crippen molar-refractivity contribution < 1.29 is 9.68 Å². The molecule has 0 aliphatic rings. The Morgan fingerprint density at radius 2 is 2.27 bits per heavy atom. The summed E-state index contributed by atoms with van der Waals surface area (Å²) in [5, 5.41) is 9.77. The van der Waals surface area contributed by atoms with E-state index in [2.05, 4.69) is 4.65 Å². The van der Waals surface area contributed by atoms with E-state index in [1.807, 2.05) is 0 Å². The third-order valence-corrected chi connectivity index (χ3v) is 1.59. The molecule has 2 nitrogen and oxygen atoms in total. The maximum absolute atomic E-state index is 9.17. The Labute approximate surface area is 70.9 Å². The van der Waals surface area contributed by atoms with Gasteiger partial charge in [-0.2, -0.15) is 0 Å². The van der Waals surface area contributed by atoms with Crippen molar-refractivity contribution in [3.63, 3.8) is 0 Å². The highest BCUT2D eigenvalue weighted by Gasteiger charge is 2.13. The van der Waals surface area contributed by atoms with Crippen LogP contribution in [0.25, 0.3) is 0 Å². The molecule has 0 saturated heterocycles. The molecule has 4 heteroatoms. The highest BCUT2D eigenvalue weighted by Crippen LogP contribution is 2.03. The van der Waals surface area contributed by atoms with Crippen LogP contribution >= 0.6 is 11.6 Å². The third-order valence-electron chi connectivity index (χ3n) is 1.36. The van der Waals surface area contributed by atoms with E-state index in [9.17, 15) is 5.02 Å². The van der Waals surface area contributed by atoms with E-state index in [1.54, 1.807) is 24.3 Å². The number of benzene rings is 1. The molecule has 1 rings (SSSR count). The van der Waals surface area contributed by atoms with Gasteiger partial charge in [-0.05, 0) is 17.6 Å². The van der Waals surface area contributed by atoms with Gasteiger partial charge in [0.25, 0.3) is 0 Å². The Morgan fingerprint density at radius 1 is 1.55 bits per heavy atom. The maximum atomic E-state index is 9.17. The average molecular weight is 170 g/mol. The lowest BCUT2D eigenvalue weighted by Crippen LogP contribution is -2.32. The van der Waals surface area contributed by atoms with E-state index in [0.717, 1.165) is 0 Å². The quantitative estimate of drug-likeness (QED) is 0.661. The van der Waals surface area contributed by atoms with Crippen molar-refractivity contribution in [1.29, 1.82) is 0 Å². The van der Waals surface area contributed by atoms with E-state index >= 15 is 0 Å². The van der Waals surface area contributed by atoms with Gasteiger partial charge in [0.05, 0.1) is 0 Å². The molecule has 0 heterocycles. The van der Waals surface area contributed by atoms with Crippen LogP contribution in [-0.2, 0) is 4.65 Å². The van der Waals surface area contributed by atoms with Crippen LogP contribution in [0.1, 0.15) is 0 Å². The summed E-state index contributed by atoms with van der Waals surface area (Å²) in [5.41, 5.74) is 0.667. The molecule has 0 spiro atoms. The molecule has 0 amide bonds. The van der Waals surface area contributed by atoms with Gasteiger partial charge >= 0.3 is 7.12 Å². The van der Waals surface area contributed by atoms with Crippen molar-refractivity contribution >= 4 is 24.2 Å². The topological polar surface area (TPSA) is 29.5 Å². The lowest BCUT2D eigenvalue weighted by molar-refractivity contribution is 0.341. The summed E-state index contributed by atoms with van der Waals surface area (Å²) in [4.78, 5) is 0. The Kier molecular flexibility index (Phi) is 2.94. The minimum absolute atomic E-state index is 0.596. The van der Waals surface area contributed by atoms with Crippen LogP contribution in [0.3, 0.4) is 0 Å². The lowest BCUT2D eigenvalue weighted by Gasteiger charge is -2.02.